The van der Waals surface area contributed by atoms with Gasteiger partial charge in [-0.05, 0) is 46.5 Å². The maximum atomic E-state index is 13.5. The van der Waals surface area contributed by atoms with Crippen molar-refractivity contribution in [3.8, 4) is 0 Å². The fourth-order valence-corrected chi connectivity index (χ4v) is 2.41. The van der Waals surface area contributed by atoms with E-state index in [9.17, 15) is 4.39 Å². The fourth-order valence-electron chi connectivity index (χ4n) is 2.02. The summed E-state index contributed by atoms with van der Waals surface area (Å²) < 4.78 is 15.9. The van der Waals surface area contributed by atoms with Gasteiger partial charge in [0.05, 0.1) is 16.7 Å². The van der Waals surface area contributed by atoms with Crippen molar-refractivity contribution in [2.24, 2.45) is 0 Å². The second-order valence-electron chi connectivity index (χ2n) is 4.85. The average molecular weight is 324 g/mol. The highest BCUT2D eigenvalue weighted by atomic mass is 79.9. The molecule has 0 unspecified atom stereocenters. The van der Waals surface area contributed by atoms with E-state index in [4.69, 9.17) is 0 Å². The zero-order chi connectivity index (χ0) is 13.2. The molecule has 1 N–H and O–H groups in total. The highest BCUT2D eigenvalue weighted by Crippen LogP contribution is 2.22. The lowest BCUT2D eigenvalue weighted by molar-refractivity contribution is 0.584. The van der Waals surface area contributed by atoms with E-state index in [2.05, 4.69) is 26.3 Å². The number of nitrogens with zero attached hydrogens (tertiary/aromatic N) is 2. The SMILES string of the molecule is Fc1cccc(Cn2nccc2CNC2CC2)c1Br. The number of benzene rings is 1. The molecule has 100 valence electrons. The minimum absolute atomic E-state index is 0.234. The summed E-state index contributed by atoms with van der Waals surface area (Å²) in [6.07, 6.45) is 4.32. The van der Waals surface area contributed by atoms with Crippen LogP contribution in [0.3, 0.4) is 0 Å². The maximum absolute atomic E-state index is 13.5. The van der Waals surface area contributed by atoms with Crippen LogP contribution < -0.4 is 5.32 Å². The Morgan fingerprint density at radius 2 is 2.21 bits per heavy atom. The van der Waals surface area contributed by atoms with E-state index in [0.29, 0.717) is 17.1 Å². The average Bonchev–Trinajstić information content (AvgIpc) is 3.13. The third-order valence-electron chi connectivity index (χ3n) is 3.31. The molecule has 3 rings (SSSR count). The molecule has 2 aromatic rings. The first kappa shape index (κ1) is 12.8. The largest absolute Gasteiger partial charge is 0.308 e. The molecule has 1 aromatic carbocycles. The van der Waals surface area contributed by atoms with Gasteiger partial charge < -0.3 is 5.32 Å². The Balaban J connectivity index is 1.75. The van der Waals surface area contributed by atoms with Crippen molar-refractivity contribution in [1.29, 1.82) is 0 Å². The summed E-state index contributed by atoms with van der Waals surface area (Å²) in [6.45, 7) is 1.39. The van der Waals surface area contributed by atoms with E-state index in [0.717, 1.165) is 17.8 Å². The van der Waals surface area contributed by atoms with Gasteiger partial charge in [0.15, 0.2) is 0 Å². The van der Waals surface area contributed by atoms with Crippen molar-refractivity contribution < 1.29 is 4.39 Å². The number of hydrogen-bond donors (Lipinski definition) is 1. The smallest absolute Gasteiger partial charge is 0.137 e. The van der Waals surface area contributed by atoms with Crippen LogP contribution >= 0.6 is 15.9 Å². The molecule has 1 saturated carbocycles. The van der Waals surface area contributed by atoms with Gasteiger partial charge in [-0.2, -0.15) is 5.10 Å². The first-order valence-corrected chi connectivity index (χ1v) is 7.20. The summed E-state index contributed by atoms with van der Waals surface area (Å²) in [5.74, 6) is -0.234. The first-order valence-electron chi connectivity index (χ1n) is 6.41. The molecule has 5 heteroatoms. The molecule has 3 nitrogen and oxygen atoms in total. The van der Waals surface area contributed by atoms with Gasteiger partial charge in [-0.15, -0.1) is 0 Å². The maximum Gasteiger partial charge on any atom is 0.137 e. The topological polar surface area (TPSA) is 29.9 Å². The second kappa shape index (κ2) is 5.43. The summed E-state index contributed by atoms with van der Waals surface area (Å²) in [4.78, 5) is 0. The molecule has 0 bridgehead atoms. The number of nitrogens with one attached hydrogen (secondary N) is 1. The standard InChI is InChI=1S/C14H15BrFN3/c15-14-10(2-1-3-13(14)16)9-19-12(6-7-18-19)8-17-11-4-5-11/h1-3,6-7,11,17H,4-5,8-9H2. The molecule has 19 heavy (non-hydrogen) atoms. The Bertz CT molecular complexity index is 578. The van der Waals surface area contributed by atoms with Crippen molar-refractivity contribution in [1.82, 2.24) is 15.1 Å². The first-order chi connectivity index (χ1) is 9.24. The Hall–Kier alpha value is -1.20. The fraction of sp³-hybridized carbons (Fsp3) is 0.357. The van der Waals surface area contributed by atoms with E-state index in [1.54, 1.807) is 12.3 Å². The Morgan fingerprint density at radius 3 is 3.00 bits per heavy atom. The molecule has 1 aliphatic carbocycles. The van der Waals surface area contributed by atoms with Gasteiger partial charge in [0.1, 0.15) is 5.82 Å². The molecule has 1 heterocycles. The minimum Gasteiger partial charge on any atom is -0.308 e. The highest BCUT2D eigenvalue weighted by molar-refractivity contribution is 9.10. The van der Waals surface area contributed by atoms with Crippen LogP contribution in [0.25, 0.3) is 0 Å². The molecule has 0 saturated heterocycles. The van der Waals surface area contributed by atoms with Gasteiger partial charge in [0.25, 0.3) is 0 Å². The summed E-state index contributed by atoms with van der Waals surface area (Å²) >= 11 is 3.29. The third-order valence-corrected chi connectivity index (χ3v) is 4.19. The highest BCUT2D eigenvalue weighted by Gasteiger charge is 2.20. The zero-order valence-electron chi connectivity index (χ0n) is 10.4. The van der Waals surface area contributed by atoms with Crippen LogP contribution in [0.1, 0.15) is 24.1 Å². The van der Waals surface area contributed by atoms with Crippen LogP contribution in [0.4, 0.5) is 4.39 Å². The van der Waals surface area contributed by atoms with E-state index in [1.807, 2.05) is 16.8 Å². The Kier molecular flexibility index (Phi) is 3.66. The lowest BCUT2D eigenvalue weighted by atomic mass is 10.2. The summed E-state index contributed by atoms with van der Waals surface area (Å²) in [5.41, 5.74) is 2.03. The number of aromatic nitrogens is 2. The van der Waals surface area contributed by atoms with E-state index < -0.39 is 0 Å². The molecular weight excluding hydrogens is 309 g/mol. The molecule has 1 fully saturated rings. The molecule has 1 aliphatic rings. The molecule has 0 atom stereocenters. The van der Waals surface area contributed by atoms with Crippen LogP contribution in [0.2, 0.25) is 0 Å². The summed E-state index contributed by atoms with van der Waals surface area (Å²) in [6, 6.07) is 7.76. The van der Waals surface area contributed by atoms with Gasteiger partial charge >= 0.3 is 0 Å². The predicted octanol–water partition coefficient (Wildman–Crippen LogP) is 3.09. The lowest BCUT2D eigenvalue weighted by Crippen LogP contribution is -2.19. The molecule has 0 aliphatic heterocycles. The normalized spacial score (nSPS) is 14.8. The van der Waals surface area contributed by atoms with Crippen molar-refractivity contribution in [2.45, 2.75) is 32.0 Å². The molecule has 0 amide bonds. The second-order valence-corrected chi connectivity index (χ2v) is 5.64. The van der Waals surface area contributed by atoms with E-state index >= 15 is 0 Å². The van der Waals surface area contributed by atoms with Crippen molar-refractivity contribution in [3.63, 3.8) is 0 Å². The van der Waals surface area contributed by atoms with Crippen LogP contribution in [-0.4, -0.2) is 15.8 Å². The number of halogens is 2. The van der Waals surface area contributed by atoms with Crippen LogP contribution in [0.5, 0.6) is 0 Å². The zero-order valence-corrected chi connectivity index (χ0v) is 12.0. The van der Waals surface area contributed by atoms with Crippen molar-refractivity contribution >= 4 is 15.9 Å². The molecule has 0 spiro atoms. The molecular formula is C14H15BrFN3. The molecule has 0 radical (unpaired) electrons. The van der Waals surface area contributed by atoms with Crippen molar-refractivity contribution in [2.75, 3.05) is 0 Å². The predicted molar refractivity (Wildman–Crippen MR) is 75.3 cm³/mol. The lowest BCUT2D eigenvalue weighted by Gasteiger charge is -2.10. The summed E-state index contributed by atoms with van der Waals surface area (Å²) in [7, 11) is 0. The Labute approximate surface area is 119 Å². The molecule has 1 aromatic heterocycles. The minimum atomic E-state index is -0.234. The monoisotopic (exact) mass is 323 g/mol. The van der Waals surface area contributed by atoms with Crippen LogP contribution in [0, 0.1) is 5.82 Å². The van der Waals surface area contributed by atoms with E-state index in [-0.39, 0.29) is 5.82 Å². The third kappa shape index (κ3) is 3.04. The van der Waals surface area contributed by atoms with Crippen LogP contribution in [0.15, 0.2) is 34.9 Å². The number of rotatable bonds is 5. The van der Waals surface area contributed by atoms with Gasteiger partial charge in [-0.3, -0.25) is 4.68 Å². The van der Waals surface area contributed by atoms with Gasteiger partial charge in [0, 0.05) is 18.8 Å². The summed E-state index contributed by atoms with van der Waals surface area (Å²) in [5, 5.41) is 7.78. The van der Waals surface area contributed by atoms with Gasteiger partial charge in [-0.25, -0.2) is 4.39 Å². The van der Waals surface area contributed by atoms with Gasteiger partial charge in [-0.1, -0.05) is 12.1 Å². The quantitative estimate of drug-likeness (QED) is 0.916. The Morgan fingerprint density at radius 1 is 1.37 bits per heavy atom. The van der Waals surface area contributed by atoms with Crippen LogP contribution in [-0.2, 0) is 13.1 Å². The van der Waals surface area contributed by atoms with Gasteiger partial charge in [0.2, 0.25) is 0 Å². The van der Waals surface area contributed by atoms with Crippen molar-refractivity contribution in [3.05, 3.63) is 52.0 Å². The van der Waals surface area contributed by atoms with E-state index in [1.165, 1.54) is 18.9 Å². The number of hydrogen-bond acceptors (Lipinski definition) is 2.